The molecule has 0 atom stereocenters. The number of nitrogens with one attached hydrogen (secondary N) is 1. The molecule has 0 aliphatic rings. The zero-order chi connectivity index (χ0) is 8.10. The minimum absolute atomic E-state index is 0. The minimum atomic E-state index is 0. The first-order valence-electron chi connectivity index (χ1n) is 4.09. The van der Waals surface area contributed by atoms with E-state index in [1.807, 2.05) is 16.9 Å². The van der Waals surface area contributed by atoms with Crippen molar-refractivity contribution >= 4 is 0 Å². The Hall–Kier alpha value is -0.830. The van der Waals surface area contributed by atoms with Crippen molar-refractivity contribution in [3.8, 4) is 0 Å². The van der Waals surface area contributed by atoms with E-state index in [4.69, 9.17) is 0 Å². The number of rotatable bonds is 4. The van der Waals surface area contributed by atoms with Crippen LogP contribution in [-0.2, 0) is 13.1 Å². The van der Waals surface area contributed by atoms with E-state index in [2.05, 4.69) is 24.3 Å². The quantitative estimate of drug-likeness (QED) is 0.709. The molecule has 1 aromatic rings. The summed E-state index contributed by atoms with van der Waals surface area (Å²) in [6.45, 7) is 7.01. The zero-order valence-electron chi connectivity index (χ0n) is 7.17. The number of aryl methyl sites for hydroxylation is 1. The highest BCUT2D eigenvalue weighted by atomic mass is 15.3. The van der Waals surface area contributed by atoms with Crippen LogP contribution in [0.15, 0.2) is 12.3 Å². The third-order valence-corrected chi connectivity index (χ3v) is 1.58. The van der Waals surface area contributed by atoms with E-state index in [0.717, 1.165) is 25.3 Å². The molecule has 1 N–H and O–H groups in total. The van der Waals surface area contributed by atoms with Crippen LogP contribution in [0, 0.1) is 0 Å². The van der Waals surface area contributed by atoms with Gasteiger partial charge >= 0.3 is 0 Å². The molecule has 0 radical (unpaired) electrons. The lowest BCUT2D eigenvalue weighted by atomic mass is 10.4. The van der Waals surface area contributed by atoms with Gasteiger partial charge in [0.05, 0.1) is 5.69 Å². The Labute approximate surface area is 68.9 Å². The first-order chi connectivity index (χ1) is 5.36. The van der Waals surface area contributed by atoms with Gasteiger partial charge in [-0.1, -0.05) is 6.92 Å². The Morgan fingerprint density at radius 1 is 1.64 bits per heavy atom. The molecular weight excluding hydrogens is 138 g/mol. The SMILES string of the molecule is CCNCc1ccn(CC)n1.[HH]. The Bertz CT molecular complexity index is 210. The molecule has 0 aliphatic heterocycles. The molecular formula is C8H17N3. The van der Waals surface area contributed by atoms with Gasteiger partial charge in [0.2, 0.25) is 0 Å². The van der Waals surface area contributed by atoms with E-state index >= 15 is 0 Å². The van der Waals surface area contributed by atoms with Crippen molar-refractivity contribution in [2.75, 3.05) is 6.54 Å². The lowest BCUT2D eigenvalue weighted by Crippen LogP contribution is -2.12. The summed E-state index contributed by atoms with van der Waals surface area (Å²) in [5.74, 6) is 0. The fourth-order valence-corrected chi connectivity index (χ4v) is 0.927. The molecule has 0 amide bonds. The van der Waals surface area contributed by atoms with E-state index < -0.39 is 0 Å². The van der Waals surface area contributed by atoms with Crippen LogP contribution >= 0.6 is 0 Å². The molecule has 0 saturated carbocycles. The maximum Gasteiger partial charge on any atom is 0.0762 e. The smallest absolute Gasteiger partial charge is 0.0762 e. The Balaban J connectivity index is 0.00000121. The first-order valence-corrected chi connectivity index (χ1v) is 4.09. The van der Waals surface area contributed by atoms with Crippen LogP contribution in [0.3, 0.4) is 0 Å². The van der Waals surface area contributed by atoms with Gasteiger partial charge in [-0.15, -0.1) is 0 Å². The first kappa shape index (κ1) is 8.27. The van der Waals surface area contributed by atoms with Gasteiger partial charge in [-0.2, -0.15) is 5.10 Å². The van der Waals surface area contributed by atoms with Crippen LogP contribution in [0.1, 0.15) is 21.0 Å². The third-order valence-electron chi connectivity index (χ3n) is 1.58. The lowest BCUT2D eigenvalue weighted by molar-refractivity contribution is 0.627. The van der Waals surface area contributed by atoms with Gasteiger partial charge in [-0.05, 0) is 19.5 Å². The molecule has 0 bridgehead atoms. The van der Waals surface area contributed by atoms with Crippen LogP contribution < -0.4 is 5.32 Å². The van der Waals surface area contributed by atoms with E-state index in [9.17, 15) is 0 Å². The standard InChI is InChI=1S/C8H15N3.H2/c1-3-9-7-8-5-6-11(4-2)10-8;/h5-6,9H,3-4,7H2,1-2H3;1H. The summed E-state index contributed by atoms with van der Waals surface area (Å²) in [4.78, 5) is 0. The molecule has 11 heavy (non-hydrogen) atoms. The average molecular weight is 155 g/mol. The number of hydrogen-bond acceptors (Lipinski definition) is 2. The monoisotopic (exact) mass is 155 g/mol. The molecule has 0 aliphatic carbocycles. The minimum Gasteiger partial charge on any atom is -0.311 e. The molecule has 1 heterocycles. The van der Waals surface area contributed by atoms with Gasteiger partial charge in [-0.3, -0.25) is 4.68 Å². The topological polar surface area (TPSA) is 29.9 Å². The third kappa shape index (κ3) is 2.35. The van der Waals surface area contributed by atoms with Crippen LogP contribution in [0.5, 0.6) is 0 Å². The number of aromatic nitrogens is 2. The van der Waals surface area contributed by atoms with E-state index in [-0.39, 0.29) is 1.43 Å². The van der Waals surface area contributed by atoms with E-state index in [0.29, 0.717) is 0 Å². The maximum absolute atomic E-state index is 4.32. The van der Waals surface area contributed by atoms with Gasteiger partial charge in [0.25, 0.3) is 0 Å². The molecule has 0 aromatic carbocycles. The highest BCUT2D eigenvalue weighted by molar-refractivity contribution is 4.97. The largest absolute Gasteiger partial charge is 0.311 e. The summed E-state index contributed by atoms with van der Waals surface area (Å²) >= 11 is 0. The Kier molecular flexibility index (Phi) is 3.11. The Morgan fingerprint density at radius 2 is 2.45 bits per heavy atom. The summed E-state index contributed by atoms with van der Waals surface area (Å²) in [5, 5.41) is 7.55. The normalized spacial score (nSPS) is 10.4. The highest BCUT2D eigenvalue weighted by Crippen LogP contribution is 1.93. The molecule has 64 valence electrons. The number of hydrogen-bond donors (Lipinski definition) is 1. The zero-order valence-corrected chi connectivity index (χ0v) is 7.17. The fraction of sp³-hybridized carbons (Fsp3) is 0.625. The van der Waals surface area contributed by atoms with E-state index in [1.165, 1.54) is 0 Å². The lowest BCUT2D eigenvalue weighted by Gasteiger charge is -1.96. The summed E-state index contributed by atoms with van der Waals surface area (Å²) in [7, 11) is 0. The summed E-state index contributed by atoms with van der Waals surface area (Å²) in [6, 6.07) is 2.05. The second-order valence-corrected chi connectivity index (χ2v) is 2.44. The van der Waals surface area contributed by atoms with Crippen molar-refractivity contribution < 1.29 is 1.43 Å². The molecule has 0 spiro atoms. The molecule has 0 fully saturated rings. The maximum atomic E-state index is 4.32. The van der Waals surface area contributed by atoms with E-state index in [1.54, 1.807) is 0 Å². The predicted molar refractivity (Wildman–Crippen MR) is 47.4 cm³/mol. The van der Waals surface area contributed by atoms with Crippen molar-refractivity contribution in [2.45, 2.75) is 26.9 Å². The average Bonchev–Trinajstić information content (AvgIpc) is 2.48. The van der Waals surface area contributed by atoms with Crippen LogP contribution in [0.4, 0.5) is 0 Å². The summed E-state index contributed by atoms with van der Waals surface area (Å²) in [6.07, 6.45) is 2.01. The van der Waals surface area contributed by atoms with Gasteiger partial charge in [-0.25, -0.2) is 0 Å². The predicted octanol–water partition coefficient (Wildman–Crippen LogP) is 1.26. The molecule has 0 unspecified atom stereocenters. The van der Waals surface area contributed by atoms with Gasteiger partial charge < -0.3 is 5.32 Å². The van der Waals surface area contributed by atoms with Crippen LogP contribution in [-0.4, -0.2) is 16.3 Å². The molecule has 1 rings (SSSR count). The van der Waals surface area contributed by atoms with Crippen molar-refractivity contribution in [2.24, 2.45) is 0 Å². The second kappa shape index (κ2) is 4.13. The van der Waals surface area contributed by atoms with Gasteiger partial charge in [0.1, 0.15) is 0 Å². The highest BCUT2D eigenvalue weighted by Gasteiger charge is 1.94. The molecule has 1 aromatic heterocycles. The van der Waals surface area contributed by atoms with Gasteiger partial charge in [0.15, 0.2) is 0 Å². The van der Waals surface area contributed by atoms with Crippen molar-refractivity contribution in [1.29, 1.82) is 0 Å². The van der Waals surface area contributed by atoms with Crippen LogP contribution in [0.2, 0.25) is 0 Å². The van der Waals surface area contributed by atoms with Crippen molar-refractivity contribution in [3.05, 3.63) is 18.0 Å². The molecule has 0 saturated heterocycles. The number of nitrogens with zero attached hydrogens (tertiary/aromatic N) is 2. The molecule has 3 heteroatoms. The Morgan fingerprint density at radius 3 is 3.00 bits per heavy atom. The van der Waals surface area contributed by atoms with Crippen molar-refractivity contribution in [1.82, 2.24) is 15.1 Å². The molecule has 3 nitrogen and oxygen atoms in total. The summed E-state index contributed by atoms with van der Waals surface area (Å²) in [5.41, 5.74) is 1.12. The fourth-order valence-electron chi connectivity index (χ4n) is 0.927. The summed E-state index contributed by atoms with van der Waals surface area (Å²) < 4.78 is 1.94. The van der Waals surface area contributed by atoms with Crippen molar-refractivity contribution in [3.63, 3.8) is 0 Å². The second-order valence-electron chi connectivity index (χ2n) is 2.44. The van der Waals surface area contributed by atoms with Gasteiger partial charge in [0, 0.05) is 20.7 Å². The van der Waals surface area contributed by atoms with Crippen LogP contribution in [0.25, 0.3) is 0 Å².